The number of hydrogen-bond donors (Lipinski definition) is 1. The van der Waals surface area contributed by atoms with Gasteiger partial charge in [0, 0.05) is 28.4 Å². The van der Waals surface area contributed by atoms with Crippen LogP contribution in [-0.2, 0) is 0 Å². The highest BCUT2D eigenvalue weighted by Gasteiger charge is 2.29. The summed E-state index contributed by atoms with van der Waals surface area (Å²) < 4.78 is 0. The first-order valence-corrected chi connectivity index (χ1v) is 8.26. The molecule has 0 aromatic carbocycles. The molecule has 0 aliphatic rings. The standard InChI is InChI=1S/C16H30N2S/c1-7-14(17)16(15-9-8-13(6)19-15)18(12(4)5)10-11(2)3/h8-9,11-12,14,16H,7,10,17H2,1-6H3. The van der Waals surface area contributed by atoms with Crippen molar-refractivity contribution in [2.24, 2.45) is 11.7 Å². The van der Waals surface area contributed by atoms with Gasteiger partial charge in [-0.05, 0) is 45.2 Å². The molecule has 0 radical (unpaired) electrons. The second-order valence-electron chi connectivity index (χ2n) is 6.15. The molecule has 0 spiro atoms. The molecule has 0 aliphatic carbocycles. The van der Waals surface area contributed by atoms with Gasteiger partial charge < -0.3 is 5.73 Å². The fourth-order valence-electron chi connectivity index (χ4n) is 2.52. The molecule has 0 fully saturated rings. The van der Waals surface area contributed by atoms with Crippen molar-refractivity contribution in [1.29, 1.82) is 0 Å². The van der Waals surface area contributed by atoms with Crippen molar-refractivity contribution in [1.82, 2.24) is 4.90 Å². The third kappa shape index (κ3) is 4.59. The average molecular weight is 282 g/mol. The summed E-state index contributed by atoms with van der Waals surface area (Å²) in [5.41, 5.74) is 6.44. The van der Waals surface area contributed by atoms with Crippen LogP contribution in [0, 0.1) is 12.8 Å². The maximum atomic E-state index is 6.44. The van der Waals surface area contributed by atoms with E-state index in [2.05, 4.69) is 58.6 Å². The molecule has 2 nitrogen and oxygen atoms in total. The van der Waals surface area contributed by atoms with E-state index >= 15 is 0 Å². The predicted molar refractivity (Wildman–Crippen MR) is 86.7 cm³/mol. The fraction of sp³-hybridized carbons (Fsp3) is 0.750. The summed E-state index contributed by atoms with van der Waals surface area (Å²) in [6, 6.07) is 5.55. The lowest BCUT2D eigenvalue weighted by Crippen LogP contribution is -2.45. The summed E-state index contributed by atoms with van der Waals surface area (Å²) in [6.45, 7) is 14.6. The molecule has 1 aromatic heterocycles. The molecule has 2 atom stereocenters. The smallest absolute Gasteiger partial charge is 0.0595 e. The van der Waals surface area contributed by atoms with Gasteiger partial charge in [-0.15, -0.1) is 11.3 Å². The Morgan fingerprint density at radius 1 is 1.21 bits per heavy atom. The first-order chi connectivity index (χ1) is 8.86. The Morgan fingerprint density at radius 2 is 1.84 bits per heavy atom. The van der Waals surface area contributed by atoms with Gasteiger partial charge in [-0.3, -0.25) is 4.90 Å². The Hall–Kier alpha value is -0.380. The lowest BCUT2D eigenvalue weighted by molar-refractivity contribution is 0.116. The molecular formula is C16H30N2S. The highest BCUT2D eigenvalue weighted by molar-refractivity contribution is 7.12. The number of aryl methyl sites for hydroxylation is 1. The molecule has 2 unspecified atom stereocenters. The van der Waals surface area contributed by atoms with E-state index in [-0.39, 0.29) is 6.04 Å². The summed E-state index contributed by atoms with van der Waals surface area (Å²) in [7, 11) is 0. The molecule has 0 bridgehead atoms. The minimum atomic E-state index is 0.208. The third-order valence-electron chi connectivity index (χ3n) is 3.53. The zero-order valence-corrected chi connectivity index (χ0v) is 14.1. The van der Waals surface area contributed by atoms with Gasteiger partial charge in [0.15, 0.2) is 0 Å². The predicted octanol–water partition coefficient (Wildman–Crippen LogP) is 4.20. The molecule has 0 saturated heterocycles. The minimum Gasteiger partial charge on any atom is -0.326 e. The van der Waals surface area contributed by atoms with E-state index in [0.717, 1.165) is 13.0 Å². The number of rotatable bonds is 7. The number of nitrogens with two attached hydrogens (primary N) is 1. The van der Waals surface area contributed by atoms with Crippen LogP contribution in [0.25, 0.3) is 0 Å². The van der Waals surface area contributed by atoms with E-state index in [1.807, 2.05) is 11.3 Å². The lowest BCUT2D eigenvalue weighted by Gasteiger charge is -2.38. The Morgan fingerprint density at radius 3 is 2.21 bits per heavy atom. The van der Waals surface area contributed by atoms with Gasteiger partial charge >= 0.3 is 0 Å². The Bertz CT molecular complexity index is 371. The zero-order valence-electron chi connectivity index (χ0n) is 13.3. The van der Waals surface area contributed by atoms with Crippen molar-refractivity contribution in [3.05, 3.63) is 21.9 Å². The quantitative estimate of drug-likeness (QED) is 0.812. The molecule has 1 heterocycles. The van der Waals surface area contributed by atoms with Gasteiger partial charge in [0.2, 0.25) is 0 Å². The van der Waals surface area contributed by atoms with Gasteiger partial charge in [-0.1, -0.05) is 20.8 Å². The molecule has 19 heavy (non-hydrogen) atoms. The summed E-state index contributed by atoms with van der Waals surface area (Å²) in [6.07, 6.45) is 1.02. The van der Waals surface area contributed by atoms with Gasteiger partial charge in [0.25, 0.3) is 0 Å². The van der Waals surface area contributed by atoms with Crippen molar-refractivity contribution in [3.63, 3.8) is 0 Å². The number of nitrogens with zero attached hydrogens (tertiary/aromatic N) is 1. The fourth-order valence-corrected chi connectivity index (χ4v) is 3.60. The molecule has 0 saturated carbocycles. The summed E-state index contributed by atoms with van der Waals surface area (Å²) in [5.74, 6) is 0.662. The van der Waals surface area contributed by atoms with Crippen LogP contribution in [0.5, 0.6) is 0 Å². The highest BCUT2D eigenvalue weighted by Crippen LogP contribution is 2.32. The van der Waals surface area contributed by atoms with Crippen LogP contribution in [0.1, 0.15) is 56.8 Å². The Balaban J connectivity index is 3.06. The van der Waals surface area contributed by atoms with Gasteiger partial charge in [0.05, 0.1) is 6.04 Å². The highest BCUT2D eigenvalue weighted by atomic mass is 32.1. The monoisotopic (exact) mass is 282 g/mol. The van der Waals surface area contributed by atoms with E-state index < -0.39 is 0 Å². The van der Waals surface area contributed by atoms with Crippen molar-refractivity contribution >= 4 is 11.3 Å². The van der Waals surface area contributed by atoms with Crippen molar-refractivity contribution < 1.29 is 0 Å². The van der Waals surface area contributed by atoms with E-state index in [0.29, 0.717) is 18.0 Å². The third-order valence-corrected chi connectivity index (χ3v) is 4.60. The Kier molecular flexibility index (Phi) is 6.51. The van der Waals surface area contributed by atoms with Crippen LogP contribution in [0.3, 0.4) is 0 Å². The molecule has 110 valence electrons. The second kappa shape index (κ2) is 7.41. The van der Waals surface area contributed by atoms with Crippen LogP contribution in [-0.4, -0.2) is 23.5 Å². The maximum absolute atomic E-state index is 6.44. The van der Waals surface area contributed by atoms with Crippen LogP contribution < -0.4 is 5.73 Å². The minimum absolute atomic E-state index is 0.208. The molecule has 2 N–H and O–H groups in total. The number of hydrogen-bond acceptors (Lipinski definition) is 3. The van der Waals surface area contributed by atoms with Crippen LogP contribution in [0.15, 0.2) is 12.1 Å². The van der Waals surface area contributed by atoms with Crippen LogP contribution in [0.2, 0.25) is 0 Å². The van der Waals surface area contributed by atoms with E-state index in [9.17, 15) is 0 Å². The normalized spacial score (nSPS) is 15.5. The molecule has 1 rings (SSSR count). The molecule has 0 aliphatic heterocycles. The second-order valence-corrected chi connectivity index (χ2v) is 7.47. The topological polar surface area (TPSA) is 29.3 Å². The molecule has 1 aromatic rings. The van der Waals surface area contributed by atoms with Crippen molar-refractivity contribution in [3.8, 4) is 0 Å². The van der Waals surface area contributed by atoms with Crippen LogP contribution >= 0.6 is 11.3 Å². The number of thiophene rings is 1. The SMILES string of the molecule is CCC(N)C(c1ccc(C)s1)N(CC(C)C)C(C)C. The lowest BCUT2D eigenvalue weighted by atomic mass is 10.00. The van der Waals surface area contributed by atoms with E-state index in [4.69, 9.17) is 5.73 Å². The van der Waals surface area contributed by atoms with Crippen molar-refractivity contribution in [2.45, 2.75) is 66.1 Å². The average Bonchev–Trinajstić information content (AvgIpc) is 2.73. The zero-order chi connectivity index (χ0) is 14.6. The maximum Gasteiger partial charge on any atom is 0.0595 e. The summed E-state index contributed by atoms with van der Waals surface area (Å²) in [4.78, 5) is 5.36. The van der Waals surface area contributed by atoms with Gasteiger partial charge in [0.1, 0.15) is 0 Å². The summed E-state index contributed by atoms with van der Waals surface area (Å²) in [5, 5.41) is 0. The van der Waals surface area contributed by atoms with Crippen LogP contribution in [0.4, 0.5) is 0 Å². The van der Waals surface area contributed by atoms with Gasteiger partial charge in [-0.2, -0.15) is 0 Å². The Labute approximate surface area is 123 Å². The molecule has 0 amide bonds. The molecular weight excluding hydrogens is 252 g/mol. The first-order valence-electron chi connectivity index (χ1n) is 7.44. The molecule has 3 heteroatoms. The van der Waals surface area contributed by atoms with Gasteiger partial charge in [-0.25, -0.2) is 0 Å². The van der Waals surface area contributed by atoms with Crippen molar-refractivity contribution in [2.75, 3.05) is 6.54 Å². The van der Waals surface area contributed by atoms with E-state index in [1.54, 1.807) is 0 Å². The largest absolute Gasteiger partial charge is 0.326 e. The van der Waals surface area contributed by atoms with E-state index in [1.165, 1.54) is 9.75 Å². The first kappa shape index (κ1) is 16.7. The summed E-state index contributed by atoms with van der Waals surface area (Å²) >= 11 is 1.89.